The number of aryl methyl sites for hydroxylation is 1. The molecule has 37 heavy (non-hydrogen) atoms. The third kappa shape index (κ3) is 4.93. The number of fused-ring (bicyclic) bond motifs is 3. The van der Waals surface area contributed by atoms with E-state index in [1.165, 1.54) is 19.3 Å². The average molecular weight is 502 g/mol. The number of H-pyrrole nitrogens is 1. The largest absolute Gasteiger partial charge is 0.378 e. The van der Waals surface area contributed by atoms with E-state index in [2.05, 4.69) is 54.9 Å². The Hall–Kier alpha value is -3.42. The number of aromatic amines is 1. The number of nitrogens with one attached hydrogen (secondary N) is 3. The Morgan fingerprint density at radius 3 is 2.68 bits per heavy atom. The van der Waals surface area contributed by atoms with Crippen LogP contribution in [0.15, 0.2) is 24.3 Å². The Morgan fingerprint density at radius 1 is 1.16 bits per heavy atom. The van der Waals surface area contributed by atoms with Crippen LogP contribution in [0.25, 0.3) is 10.9 Å². The number of nitriles is 1. The van der Waals surface area contributed by atoms with Crippen LogP contribution < -0.4 is 15.5 Å². The van der Waals surface area contributed by atoms with Crippen LogP contribution in [-0.2, 0) is 4.74 Å². The van der Waals surface area contributed by atoms with Gasteiger partial charge in [0.2, 0.25) is 5.95 Å². The second-order valence-electron chi connectivity index (χ2n) is 10.6. The summed E-state index contributed by atoms with van der Waals surface area (Å²) in [7, 11) is 1.77. The summed E-state index contributed by atoms with van der Waals surface area (Å²) in [5, 5.41) is 24.5. The van der Waals surface area contributed by atoms with Gasteiger partial charge in [-0.1, -0.05) is 6.42 Å². The summed E-state index contributed by atoms with van der Waals surface area (Å²) in [4.78, 5) is 14.8. The van der Waals surface area contributed by atoms with Gasteiger partial charge in [0.25, 0.3) is 0 Å². The zero-order valence-corrected chi connectivity index (χ0v) is 21.6. The van der Waals surface area contributed by atoms with E-state index in [4.69, 9.17) is 20.0 Å². The zero-order valence-electron chi connectivity index (χ0n) is 21.6. The molecule has 5 heterocycles. The minimum atomic E-state index is 0.289. The summed E-state index contributed by atoms with van der Waals surface area (Å²) in [6.45, 7) is 4.65. The molecule has 10 nitrogen and oxygen atoms in total. The van der Waals surface area contributed by atoms with Crippen LogP contribution in [0, 0.1) is 18.3 Å². The van der Waals surface area contributed by atoms with Gasteiger partial charge in [0.1, 0.15) is 5.82 Å². The SMILES string of the molecule is COC1CN(c2ccc3c(Nc4cc(C)[nH]n4)nc(NC4C[C@H]5CCC[C@@H](C4)N5CCC#N)nc3c2)C1. The topological polar surface area (TPSA) is 118 Å². The molecule has 0 radical (unpaired) electrons. The Kier molecular flexibility index (Phi) is 6.57. The van der Waals surface area contributed by atoms with Crippen LogP contribution in [0.4, 0.5) is 23.3 Å². The molecular weight excluding hydrogens is 466 g/mol. The lowest BCUT2D eigenvalue weighted by molar-refractivity contribution is 0.0369. The Bertz CT molecular complexity index is 1280. The molecule has 3 aliphatic rings. The lowest BCUT2D eigenvalue weighted by atomic mass is 9.81. The van der Waals surface area contributed by atoms with Gasteiger partial charge in [-0.15, -0.1) is 0 Å². The Labute approximate surface area is 217 Å². The van der Waals surface area contributed by atoms with Gasteiger partial charge in [-0.3, -0.25) is 10.00 Å². The van der Waals surface area contributed by atoms with Gasteiger partial charge >= 0.3 is 0 Å². The molecule has 2 bridgehead atoms. The highest BCUT2D eigenvalue weighted by Crippen LogP contribution is 2.36. The van der Waals surface area contributed by atoms with Crippen molar-refractivity contribution in [3.05, 3.63) is 30.0 Å². The number of hydrogen-bond donors (Lipinski definition) is 3. The maximum atomic E-state index is 9.10. The zero-order chi connectivity index (χ0) is 25.4. The molecule has 0 saturated carbocycles. The molecule has 6 rings (SSSR count). The first-order valence-electron chi connectivity index (χ1n) is 13.4. The Morgan fingerprint density at radius 2 is 1.97 bits per heavy atom. The van der Waals surface area contributed by atoms with E-state index in [1.54, 1.807) is 7.11 Å². The van der Waals surface area contributed by atoms with E-state index in [0.717, 1.165) is 66.4 Å². The molecule has 10 heteroatoms. The highest BCUT2D eigenvalue weighted by molar-refractivity contribution is 5.93. The van der Waals surface area contributed by atoms with Crippen molar-refractivity contribution in [3.63, 3.8) is 0 Å². The quantitative estimate of drug-likeness (QED) is 0.422. The fourth-order valence-electron chi connectivity index (χ4n) is 6.20. The van der Waals surface area contributed by atoms with E-state index in [0.29, 0.717) is 30.5 Å². The van der Waals surface area contributed by atoms with Gasteiger partial charge in [-0.2, -0.15) is 15.3 Å². The second-order valence-corrected chi connectivity index (χ2v) is 10.6. The van der Waals surface area contributed by atoms with Crippen molar-refractivity contribution in [2.75, 3.05) is 42.3 Å². The molecule has 1 unspecified atom stereocenters. The van der Waals surface area contributed by atoms with Gasteiger partial charge in [-0.05, 0) is 50.8 Å². The lowest BCUT2D eigenvalue weighted by Crippen LogP contribution is -2.55. The van der Waals surface area contributed by atoms with E-state index >= 15 is 0 Å². The first-order valence-corrected chi connectivity index (χ1v) is 13.4. The first kappa shape index (κ1) is 23.9. The first-order chi connectivity index (χ1) is 18.1. The maximum Gasteiger partial charge on any atom is 0.225 e. The van der Waals surface area contributed by atoms with Crippen molar-refractivity contribution in [3.8, 4) is 6.07 Å². The summed E-state index contributed by atoms with van der Waals surface area (Å²) in [6.07, 6.45) is 6.67. The number of hydrogen-bond acceptors (Lipinski definition) is 9. The second kappa shape index (κ2) is 10.1. The summed E-state index contributed by atoms with van der Waals surface area (Å²) < 4.78 is 5.46. The van der Waals surface area contributed by atoms with Crippen LogP contribution in [-0.4, -0.2) is 76.0 Å². The van der Waals surface area contributed by atoms with Crippen molar-refractivity contribution in [2.24, 2.45) is 0 Å². The molecule has 0 aliphatic carbocycles. The monoisotopic (exact) mass is 501 g/mol. The maximum absolute atomic E-state index is 9.10. The summed E-state index contributed by atoms with van der Waals surface area (Å²) >= 11 is 0. The van der Waals surface area contributed by atoms with Crippen LogP contribution in [0.1, 0.15) is 44.2 Å². The molecule has 3 fully saturated rings. The number of benzene rings is 1. The predicted octanol–water partition coefficient (Wildman–Crippen LogP) is 3.95. The van der Waals surface area contributed by atoms with Gasteiger partial charge in [0.15, 0.2) is 5.82 Å². The standard InChI is InChI=1S/C27H35N9O/c1-17-11-25(34-33-17)31-26-23-8-7-19(35-15-22(16-35)37-2)14-24(23)30-27(32-26)29-18-12-20-5-3-6-21(13-18)36(20)10-4-9-28/h7-8,11,14,18,20-22H,3-6,10,12-13,15-16H2,1-2H3,(H3,29,30,31,32,33,34)/t18?,20-,21+. The average Bonchev–Trinajstić information content (AvgIpc) is 3.26. The minimum Gasteiger partial charge on any atom is -0.378 e. The summed E-state index contributed by atoms with van der Waals surface area (Å²) in [5.41, 5.74) is 3.03. The van der Waals surface area contributed by atoms with Gasteiger partial charge in [-0.25, -0.2) is 4.98 Å². The van der Waals surface area contributed by atoms with Crippen LogP contribution in [0.5, 0.6) is 0 Å². The lowest BCUT2D eigenvalue weighted by Gasteiger charge is -2.48. The molecule has 3 aliphatic heterocycles. The minimum absolute atomic E-state index is 0.289. The highest BCUT2D eigenvalue weighted by atomic mass is 16.5. The molecular formula is C27H35N9O. The Balaban J connectivity index is 1.27. The summed E-state index contributed by atoms with van der Waals surface area (Å²) in [5.74, 6) is 2.13. The van der Waals surface area contributed by atoms with Crippen LogP contribution >= 0.6 is 0 Å². The molecule has 0 amide bonds. The van der Waals surface area contributed by atoms with Crippen molar-refractivity contribution in [2.45, 2.75) is 69.7 Å². The summed E-state index contributed by atoms with van der Waals surface area (Å²) in [6, 6.07) is 12.0. The van der Waals surface area contributed by atoms with Gasteiger partial charge in [0, 0.05) is 74.1 Å². The van der Waals surface area contributed by atoms with Gasteiger partial charge in [0.05, 0.1) is 17.7 Å². The highest BCUT2D eigenvalue weighted by Gasteiger charge is 2.38. The van der Waals surface area contributed by atoms with Crippen molar-refractivity contribution in [1.82, 2.24) is 25.1 Å². The normalized spacial score (nSPS) is 24.0. The fraction of sp³-hybridized carbons (Fsp3) is 0.556. The van der Waals surface area contributed by atoms with Crippen molar-refractivity contribution in [1.29, 1.82) is 5.26 Å². The molecule has 0 spiro atoms. The molecule has 2 aromatic heterocycles. The molecule has 3 saturated heterocycles. The smallest absolute Gasteiger partial charge is 0.225 e. The van der Waals surface area contributed by atoms with Crippen LogP contribution in [0.2, 0.25) is 0 Å². The van der Waals surface area contributed by atoms with E-state index in [-0.39, 0.29) is 6.10 Å². The van der Waals surface area contributed by atoms with Gasteiger partial charge < -0.3 is 20.3 Å². The molecule has 3 aromatic rings. The predicted molar refractivity (Wildman–Crippen MR) is 144 cm³/mol. The number of aromatic nitrogens is 4. The van der Waals surface area contributed by atoms with E-state index in [1.807, 2.05) is 13.0 Å². The fourth-order valence-corrected chi connectivity index (χ4v) is 6.20. The number of rotatable bonds is 8. The molecule has 3 atom stereocenters. The van der Waals surface area contributed by atoms with Crippen LogP contribution in [0.3, 0.4) is 0 Å². The molecule has 1 aromatic carbocycles. The number of piperidine rings is 2. The molecule has 194 valence electrons. The van der Waals surface area contributed by atoms with E-state index < -0.39 is 0 Å². The third-order valence-corrected chi connectivity index (χ3v) is 8.12. The molecule has 3 N–H and O–H groups in total. The third-order valence-electron chi connectivity index (χ3n) is 8.12. The van der Waals surface area contributed by atoms with Crippen molar-refractivity contribution < 1.29 is 4.74 Å². The van der Waals surface area contributed by atoms with Crippen molar-refractivity contribution >= 4 is 34.2 Å². The number of anilines is 4. The number of ether oxygens (including phenoxy) is 1. The number of nitrogens with zero attached hydrogens (tertiary/aromatic N) is 6. The van der Waals surface area contributed by atoms with E-state index in [9.17, 15) is 0 Å². The number of methoxy groups -OCH3 is 1.